The molecule has 0 saturated carbocycles. The maximum atomic E-state index is 10.8. The van der Waals surface area contributed by atoms with Gasteiger partial charge in [0.1, 0.15) is 11.5 Å². The van der Waals surface area contributed by atoms with Crippen molar-refractivity contribution >= 4 is 5.97 Å². The molecular formula is C13H11NO4. The van der Waals surface area contributed by atoms with E-state index in [0.29, 0.717) is 17.4 Å². The predicted octanol–water partition coefficient (Wildman–Crippen LogP) is 2.58. The fourth-order valence-electron chi connectivity index (χ4n) is 1.38. The number of ether oxygens (including phenoxy) is 2. The van der Waals surface area contributed by atoms with Gasteiger partial charge in [0, 0.05) is 6.07 Å². The molecule has 1 N–H and O–H groups in total. The van der Waals surface area contributed by atoms with Crippen LogP contribution in [0.25, 0.3) is 0 Å². The van der Waals surface area contributed by atoms with Crippen molar-refractivity contribution in [2.75, 3.05) is 7.11 Å². The van der Waals surface area contributed by atoms with E-state index in [1.807, 2.05) is 0 Å². The summed E-state index contributed by atoms with van der Waals surface area (Å²) >= 11 is 0. The van der Waals surface area contributed by atoms with Gasteiger partial charge in [0.15, 0.2) is 0 Å². The van der Waals surface area contributed by atoms with Crippen LogP contribution in [0.1, 0.15) is 10.4 Å². The zero-order chi connectivity index (χ0) is 13.0. The molecule has 0 spiro atoms. The Labute approximate surface area is 104 Å². The zero-order valence-electron chi connectivity index (χ0n) is 9.66. The van der Waals surface area contributed by atoms with Gasteiger partial charge < -0.3 is 14.6 Å². The van der Waals surface area contributed by atoms with Crippen LogP contribution in [0, 0.1) is 0 Å². The molecule has 2 rings (SSSR count). The van der Waals surface area contributed by atoms with Gasteiger partial charge in [0.25, 0.3) is 0 Å². The van der Waals surface area contributed by atoms with Crippen molar-refractivity contribution in [3.05, 3.63) is 48.2 Å². The van der Waals surface area contributed by atoms with E-state index in [1.165, 1.54) is 25.4 Å². The number of hydrogen-bond acceptors (Lipinski definition) is 4. The van der Waals surface area contributed by atoms with Crippen LogP contribution in [0.3, 0.4) is 0 Å². The van der Waals surface area contributed by atoms with E-state index in [2.05, 4.69) is 4.98 Å². The Hall–Kier alpha value is -2.56. The number of aromatic carboxylic acids is 1. The van der Waals surface area contributed by atoms with Crippen LogP contribution < -0.4 is 9.47 Å². The molecule has 1 aromatic heterocycles. The first-order chi connectivity index (χ1) is 8.69. The molecule has 0 aliphatic rings. The summed E-state index contributed by atoms with van der Waals surface area (Å²) in [5.41, 5.74) is 0.175. The van der Waals surface area contributed by atoms with Gasteiger partial charge in [-0.05, 0) is 24.3 Å². The predicted molar refractivity (Wildman–Crippen MR) is 64.3 cm³/mol. The molecule has 18 heavy (non-hydrogen) atoms. The molecule has 0 aliphatic heterocycles. The molecule has 0 bridgehead atoms. The molecule has 0 fully saturated rings. The highest BCUT2D eigenvalue weighted by Crippen LogP contribution is 2.22. The SMILES string of the molecule is COc1ccc(Oc2cccc(C(=O)O)c2)cn1. The minimum atomic E-state index is -0.992. The second-order valence-electron chi connectivity index (χ2n) is 3.47. The van der Waals surface area contributed by atoms with Crippen molar-refractivity contribution in [1.82, 2.24) is 4.98 Å². The molecule has 2 aromatic rings. The van der Waals surface area contributed by atoms with Crippen LogP contribution >= 0.6 is 0 Å². The van der Waals surface area contributed by atoms with E-state index in [4.69, 9.17) is 14.6 Å². The van der Waals surface area contributed by atoms with Gasteiger partial charge in [-0.15, -0.1) is 0 Å². The van der Waals surface area contributed by atoms with E-state index in [-0.39, 0.29) is 5.56 Å². The Morgan fingerprint density at radius 3 is 2.67 bits per heavy atom. The quantitative estimate of drug-likeness (QED) is 0.896. The number of aromatic nitrogens is 1. The normalized spacial score (nSPS) is 9.83. The highest BCUT2D eigenvalue weighted by Gasteiger charge is 2.05. The number of methoxy groups -OCH3 is 1. The fraction of sp³-hybridized carbons (Fsp3) is 0.0769. The molecule has 92 valence electrons. The van der Waals surface area contributed by atoms with E-state index >= 15 is 0 Å². The highest BCUT2D eigenvalue weighted by atomic mass is 16.5. The maximum absolute atomic E-state index is 10.8. The second-order valence-corrected chi connectivity index (χ2v) is 3.47. The monoisotopic (exact) mass is 245 g/mol. The number of carboxylic acids is 1. The fourth-order valence-corrected chi connectivity index (χ4v) is 1.38. The lowest BCUT2D eigenvalue weighted by atomic mass is 10.2. The van der Waals surface area contributed by atoms with Crippen molar-refractivity contribution in [3.8, 4) is 17.4 Å². The third-order valence-corrected chi connectivity index (χ3v) is 2.24. The minimum Gasteiger partial charge on any atom is -0.481 e. The number of benzene rings is 1. The average molecular weight is 245 g/mol. The number of rotatable bonds is 4. The smallest absolute Gasteiger partial charge is 0.335 e. The Balaban J connectivity index is 2.17. The van der Waals surface area contributed by atoms with Crippen LogP contribution in [0.4, 0.5) is 0 Å². The summed E-state index contributed by atoms with van der Waals surface area (Å²) in [5, 5.41) is 8.86. The lowest BCUT2D eigenvalue weighted by Gasteiger charge is -2.06. The molecule has 0 atom stereocenters. The molecule has 1 aromatic carbocycles. The third kappa shape index (κ3) is 2.76. The molecule has 5 heteroatoms. The number of carbonyl (C=O) groups is 1. The van der Waals surface area contributed by atoms with Crippen molar-refractivity contribution in [2.24, 2.45) is 0 Å². The lowest BCUT2D eigenvalue weighted by Crippen LogP contribution is -1.96. The zero-order valence-corrected chi connectivity index (χ0v) is 9.66. The van der Waals surface area contributed by atoms with Crippen LogP contribution in [-0.2, 0) is 0 Å². The van der Waals surface area contributed by atoms with Crippen molar-refractivity contribution in [1.29, 1.82) is 0 Å². The van der Waals surface area contributed by atoms with Gasteiger partial charge in [-0.3, -0.25) is 0 Å². The number of nitrogens with zero attached hydrogens (tertiary/aromatic N) is 1. The number of hydrogen-bond donors (Lipinski definition) is 1. The summed E-state index contributed by atoms with van der Waals surface area (Å²) in [6.45, 7) is 0. The summed E-state index contributed by atoms with van der Waals surface area (Å²) in [6.07, 6.45) is 1.51. The van der Waals surface area contributed by atoms with Crippen LogP contribution in [0.2, 0.25) is 0 Å². The summed E-state index contributed by atoms with van der Waals surface area (Å²) in [5.74, 6) is 0.454. The van der Waals surface area contributed by atoms with E-state index < -0.39 is 5.97 Å². The Bertz CT molecular complexity index is 551. The maximum Gasteiger partial charge on any atom is 0.335 e. The van der Waals surface area contributed by atoms with Crippen LogP contribution in [0.15, 0.2) is 42.6 Å². The molecule has 0 unspecified atom stereocenters. The Morgan fingerprint density at radius 1 is 1.22 bits per heavy atom. The molecule has 0 aliphatic carbocycles. The second kappa shape index (κ2) is 5.18. The van der Waals surface area contributed by atoms with E-state index in [1.54, 1.807) is 24.3 Å². The third-order valence-electron chi connectivity index (χ3n) is 2.24. The first kappa shape index (κ1) is 11.9. The molecule has 0 radical (unpaired) electrons. The van der Waals surface area contributed by atoms with Gasteiger partial charge in [-0.25, -0.2) is 9.78 Å². The summed E-state index contributed by atoms with van der Waals surface area (Å²) in [4.78, 5) is 14.8. The van der Waals surface area contributed by atoms with Crippen molar-refractivity contribution < 1.29 is 19.4 Å². The van der Waals surface area contributed by atoms with Crippen LogP contribution in [-0.4, -0.2) is 23.2 Å². The van der Waals surface area contributed by atoms with Gasteiger partial charge in [-0.1, -0.05) is 6.07 Å². The van der Waals surface area contributed by atoms with Gasteiger partial charge in [0.2, 0.25) is 5.88 Å². The van der Waals surface area contributed by atoms with E-state index in [0.717, 1.165) is 0 Å². The molecule has 1 heterocycles. The van der Waals surface area contributed by atoms with Crippen molar-refractivity contribution in [2.45, 2.75) is 0 Å². The number of pyridine rings is 1. The van der Waals surface area contributed by atoms with Gasteiger partial charge >= 0.3 is 5.97 Å². The summed E-state index contributed by atoms with van der Waals surface area (Å²) in [6, 6.07) is 9.61. The summed E-state index contributed by atoms with van der Waals surface area (Å²) in [7, 11) is 1.53. The molecule has 5 nitrogen and oxygen atoms in total. The standard InChI is InChI=1S/C13H11NO4/c1-17-12-6-5-11(8-14-12)18-10-4-2-3-9(7-10)13(15)16/h2-8H,1H3,(H,15,16). The van der Waals surface area contributed by atoms with Gasteiger partial charge in [-0.2, -0.15) is 0 Å². The van der Waals surface area contributed by atoms with Gasteiger partial charge in [0.05, 0.1) is 18.9 Å². The van der Waals surface area contributed by atoms with E-state index in [9.17, 15) is 4.79 Å². The van der Waals surface area contributed by atoms with Crippen molar-refractivity contribution in [3.63, 3.8) is 0 Å². The average Bonchev–Trinajstić information content (AvgIpc) is 2.40. The first-order valence-electron chi connectivity index (χ1n) is 5.20. The van der Waals surface area contributed by atoms with Crippen LogP contribution in [0.5, 0.6) is 17.4 Å². The Morgan fingerprint density at radius 2 is 2.06 bits per heavy atom. The first-order valence-corrected chi connectivity index (χ1v) is 5.20. The largest absolute Gasteiger partial charge is 0.481 e. The lowest BCUT2D eigenvalue weighted by molar-refractivity contribution is 0.0696. The molecule has 0 amide bonds. The highest BCUT2D eigenvalue weighted by molar-refractivity contribution is 5.88. The minimum absolute atomic E-state index is 0.175. The molecule has 0 saturated heterocycles. The summed E-state index contributed by atoms with van der Waals surface area (Å²) < 4.78 is 10.4. The topological polar surface area (TPSA) is 68.7 Å². The number of carboxylic acid groups (broad SMARTS) is 1. The molecular weight excluding hydrogens is 234 g/mol. The Kier molecular flexibility index (Phi) is 3.43.